The molecule has 1 unspecified atom stereocenters. The highest BCUT2D eigenvalue weighted by molar-refractivity contribution is 7.56. The standard InChI is InChI=1S/C20H18NOP/c1-15-8-7-9-16(14-21-17-10-3-2-4-11-17)20(15)23-19-13-6-5-12-18(19)22/h2-14,22-23H,1H3. The van der Waals surface area contributed by atoms with Gasteiger partial charge in [0.15, 0.2) is 0 Å². The van der Waals surface area contributed by atoms with E-state index in [2.05, 4.69) is 24.0 Å². The Hall–Kier alpha value is -2.44. The van der Waals surface area contributed by atoms with Crippen LogP contribution in [0.2, 0.25) is 0 Å². The van der Waals surface area contributed by atoms with Crippen LogP contribution in [0.25, 0.3) is 0 Å². The summed E-state index contributed by atoms with van der Waals surface area (Å²) in [6, 6.07) is 23.6. The van der Waals surface area contributed by atoms with Gasteiger partial charge in [0.1, 0.15) is 5.75 Å². The van der Waals surface area contributed by atoms with Crippen molar-refractivity contribution in [3.8, 4) is 5.75 Å². The fourth-order valence-electron chi connectivity index (χ4n) is 2.34. The van der Waals surface area contributed by atoms with Gasteiger partial charge < -0.3 is 5.11 Å². The quantitative estimate of drug-likeness (QED) is 0.570. The van der Waals surface area contributed by atoms with Crippen molar-refractivity contribution in [2.75, 3.05) is 0 Å². The largest absolute Gasteiger partial charge is 0.507 e. The average Bonchev–Trinajstić information content (AvgIpc) is 2.58. The minimum absolute atomic E-state index is 0.347. The molecule has 0 saturated heterocycles. The van der Waals surface area contributed by atoms with E-state index in [-0.39, 0.29) is 0 Å². The molecule has 1 N–H and O–H groups in total. The number of hydrogen-bond acceptors (Lipinski definition) is 2. The van der Waals surface area contributed by atoms with Crippen LogP contribution in [0.15, 0.2) is 77.8 Å². The summed E-state index contributed by atoms with van der Waals surface area (Å²) >= 11 is 0. The molecule has 0 bridgehead atoms. The molecular formula is C20H18NOP. The minimum Gasteiger partial charge on any atom is -0.507 e. The molecule has 0 radical (unpaired) electrons. The second kappa shape index (κ2) is 7.21. The zero-order valence-electron chi connectivity index (χ0n) is 12.9. The number of para-hydroxylation sites is 2. The lowest BCUT2D eigenvalue weighted by Gasteiger charge is -2.11. The van der Waals surface area contributed by atoms with Gasteiger partial charge in [0.2, 0.25) is 0 Å². The summed E-state index contributed by atoms with van der Waals surface area (Å²) in [7, 11) is 0.400. The lowest BCUT2D eigenvalue weighted by molar-refractivity contribution is 0.480. The number of aromatic hydroxyl groups is 1. The van der Waals surface area contributed by atoms with E-state index in [1.165, 1.54) is 10.9 Å². The predicted molar refractivity (Wildman–Crippen MR) is 101 cm³/mol. The molecule has 1 atom stereocenters. The van der Waals surface area contributed by atoms with Crippen molar-refractivity contribution in [2.45, 2.75) is 6.92 Å². The van der Waals surface area contributed by atoms with Crippen LogP contribution in [0.5, 0.6) is 5.75 Å². The van der Waals surface area contributed by atoms with E-state index in [1.54, 1.807) is 6.07 Å². The van der Waals surface area contributed by atoms with Gasteiger partial charge in [0, 0.05) is 17.1 Å². The Balaban J connectivity index is 1.94. The fourth-order valence-corrected chi connectivity index (χ4v) is 3.57. The third kappa shape index (κ3) is 3.85. The summed E-state index contributed by atoms with van der Waals surface area (Å²) < 4.78 is 0. The van der Waals surface area contributed by atoms with Crippen molar-refractivity contribution in [1.82, 2.24) is 0 Å². The predicted octanol–water partition coefficient (Wildman–Crippen LogP) is 4.08. The Kier molecular flexibility index (Phi) is 4.85. The second-order valence-electron chi connectivity index (χ2n) is 5.28. The SMILES string of the molecule is Cc1cccc(C=Nc2ccccc2)c1Pc1ccccc1O. The first-order valence-corrected chi connectivity index (χ1v) is 8.48. The average molecular weight is 319 g/mol. The molecule has 0 aromatic heterocycles. The Morgan fingerprint density at radius 2 is 1.61 bits per heavy atom. The molecule has 0 aliphatic rings. The number of aryl methyl sites for hydroxylation is 1. The lowest BCUT2D eigenvalue weighted by Crippen LogP contribution is -2.12. The van der Waals surface area contributed by atoms with Crippen LogP contribution in [-0.4, -0.2) is 11.3 Å². The van der Waals surface area contributed by atoms with Gasteiger partial charge in [-0.05, 0) is 36.0 Å². The van der Waals surface area contributed by atoms with Gasteiger partial charge in [-0.15, -0.1) is 0 Å². The zero-order chi connectivity index (χ0) is 16.1. The molecule has 114 valence electrons. The molecule has 0 amide bonds. The highest BCUT2D eigenvalue weighted by Crippen LogP contribution is 2.21. The monoisotopic (exact) mass is 319 g/mol. The van der Waals surface area contributed by atoms with Gasteiger partial charge >= 0.3 is 0 Å². The number of nitrogens with zero attached hydrogens (tertiary/aromatic N) is 1. The molecular weight excluding hydrogens is 301 g/mol. The maximum Gasteiger partial charge on any atom is 0.123 e. The van der Waals surface area contributed by atoms with E-state index in [0.29, 0.717) is 14.3 Å². The summed E-state index contributed by atoms with van der Waals surface area (Å²) in [6.07, 6.45) is 1.91. The molecule has 23 heavy (non-hydrogen) atoms. The van der Waals surface area contributed by atoms with E-state index in [1.807, 2.05) is 60.8 Å². The van der Waals surface area contributed by atoms with Crippen LogP contribution < -0.4 is 10.6 Å². The number of phenols is 1. The van der Waals surface area contributed by atoms with Gasteiger partial charge in [-0.3, -0.25) is 4.99 Å². The van der Waals surface area contributed by atoms with Gasteiger partial charge in [-0.25, -0.2) is 0 Å². The maximum atomic E-state index is 10.0. The zero-order valence-corrected chi connectivity index (χ0v) is 13.9. The summed E-state index contributed by atoms with van der Waals surface area (Å²) in [5, 5.41) is 12.2. The number of rotatable bonds is 4. The van der Waals surface area contributed by atoms with E-state index in [0.717, 1.165) is 16.6 Å². The van der Waals surface area contributed by atoms with Crippen molar-refractivity contribution < 1.29 is 5.11 Å². The Morgan fingerprint density at radius 3 is 2.39 bits per heavy atom. The molecule has 3 heteroatoms. The topological polar surface area (TPSA) is 32.6 Å². The summed E-state index contributed by atoms with van der Waals surface area (Å²) in [5.41, 5.74) is 3.24. The molecule has 0 heterocycles. The molecule has 3 aromatic rings. The second-order valence-corrected chi connectivity index (χ2v) is 6.56. The van der Waals surface area contributed by atoms with Gasteiger partial charge in [-0.2, -0.15) is 0 Å². The molecule has 2 nitrogen and oxygen atoms in total. The van der Waals surface area contributed by atoms with Crippen molar-refractivity contribution in [3.05, 3.63) is 83.9 Å². The van der Waals surface area contributed by atoms with Crippen LogP contribution in [0.1, 0.15) is 11.1 Å². The van der Waals surface area contributed by atoms with Crippen LogP contribution in [0.3, 0.4) is 0 Å². The van der Waals surface area contributed by atoms with E-state index in [9.17, 15) is 5.11 Å². The van der Waals surface area contributed by atoms with Gasteiger partial charge in [-0.1, -0.05) is 63.2 Å². The number of benzene rings is 3. The van der Waals surface area contributed by atoms with Crippen molar-refractivity contribution >= 4 is 31.1 Å². The van der Waals surface area contributed by atoms with Crippen molar-refractivity contribution in [2.24, 2.45) is 4.99 Å². The Morgan fingerprint density at radius 1 is 0.870 bits per heavy atom. The number of phenolic OH excluding ortho intramolecular Hbond substituents is 1. The summed E-state index contributed by atoms with van der Waals surface area (Å²) in [6.45, 7) is 2.10. The molecule has 0 saturated carbocycles. The normalized spacial score (nSPS) is 11.5. The van der Waals surface area contributed by atoms with Gasteiger partial charge in [0.25, 0.3) is 0 Å². The van der Waals surface area contributed by atoms with Crippen molar-refractivity contribution in [3.63, 3.8) is 0 Å². The first-order chi connectivity index (χ1) is 11.2. The number of aliphatic imine (C=N–C) groups is 1. The molecule has 0 fully saturated rings. The van der Waals surface area contributed by atoms with E-state index >= 15 is 0 Å². The molecule has 0 spiro atoms. The van der Waals surface area contributed by atoms with E-state index < -0.39 is 0 Å². The van der Waals surface area contributed by atoms with E-state index in [4.69, 9.17) is 0 Å². The smallest absolute Gasteiger partial charge is 0.123 e. The molecule has 3 rings (SSSR count). The van der Waals surface area contributed by atoms with Gasteiger partial charge in [0.05, 0.1) is 5.69 Å². The lowest BCUT2D eigenvalue weighted by atomic mass is 10.1. The first-order valence-electron chi connectivity index (χ1n) is 7.48. The molecule has 0 aliphatic heterocycles. The maximum absolute atomic E-state index is 10.0. The van der Waals surface area contributed by atoms with Crippen molar-refractivity contribution in [1.29, 1.82) is 0 Å². The highest BCUT2D eigenvalue weighted by Gasteiger charge is 2.08. The third-order valence-corrected chi connectivity index (χ3v) is 5.20. The van der Waals surface area contributed by atoms with Crippen LogP contribution in [-0.2, 0) is 0 Å². The third-order valence-electron chi connectivity index (χ3n) is 3.58. The first kappa shape index (κ1) is 15.5. The molecule has 0 aliphatic carbocycles. The molecule has 3 aromatic carbocycles. The van der Waals surface area contributed by atoms with Crippen LogP contribution >= 0.6 is 8.58 Å². The number of hydrogen-bond donors (Lipinski definition) is 1. The fraction of sp³-hybridized carbons (Fsp3) is 0.0500. The van der Waals surface area contributed by atoms with Crippen LogP contribution in [0, 0.1) is 6.92 Å². The minimum atomic E-state index is 0.347. The summed E-state index contributed by atoms with van der Waals surface area (Å²) in [5.74, 6) is 0.347. The highest BCUT2D eigenvalue weighted by atomic mass is 31.1. The Bertz CT molecular complexity index is 828. The van der Waals surface area contributed by atoms with Crippen LogP contribution in [0.4, 0.5) is 5.69 Å². The Labute approximate surface area is 138 Å². The summed E-state index contributed by atoms with van der Waals surface area (Å²) in [4.78, 5) is 4.56.